The van der Waals surface area contributed by atoms with Crippen LogP contribution in [0.25, 0.3) is 0 Å². The van der Waals surface area contributed by atoms with Gasteiger partial charge >= 0.3 is 0 Å². The number of para-hydroxylation sites is 1. The highest BCUT2D eigenvalue weighted by Gasteiger charge is 2.27. The third-order valence-corrected chi connectivity index (χ3v) is 4.04. The number of hydrogen-bond donors (Lipinski definition) is 0. The number of carbonyl (C=O) groups excluding carboxylic acids is 1. The van der Waals surface area contributed by atoms with E-state index in [1.807, 2.05) is 41.1 Å². The minimum atomic E-state index is -0.00477. The van der Waals surface area contributed by atoms with Crippen LogP contribution in [0.2, 0.25) is 0 Å². The van der Waals surface area contributed by atoms with Gasteiger partial charge in [0.25, 0.3) is 0 Å². The summed E-state index contributed by atoms with van der Waals surface area (Å²) in [5, 5.41) is 4.06. The number of ether oxygens (including phenoxy) is 1. The Balaban J connectivity index is 1.83. The molecule has 2 heterocycles. The van der Waals surface area contributed by atoms with Crippen LogP contribution in [-0.2, 0) is 11.2 Å². The average molecular weight is 258 g/mol. The first-order valence-electron chi connectivity index (χ1n) is 6.10. The molecule has 1 aliphatic rings. The van der Waals surface area contributed by atoms with Crippen molar-refractivity contribution in [3.8, 4) is 5.75 Å². The molecule has 2 aromatic rings. The molecule has 1 atom stereocenters. The van der Waals surface area contributed by atoms with E-state index in [1.165, 1.54) is 0 Å². The lowest BCUT2D eigenvalue weighted by atomic mass is 9.87. The van der Waals surface area contributed by atoms with Crippen LogP contribution in [0.1, 0.15) is 23.5 Å². The van der Waals surface area contributed by atoms with E-state index in [1.54, 1.807) is 11.3 Å². The predicted molar refractivity (Wildman–Crippen MR) is 72.3 cm³/mol. The van der Waals surface area contributed by atoms with Gasteiger partial charge in [-0.2, -0.15) is 11.3 Å². The highest BCUT2D eigenvalue weighted by atomic mass is 32.1. The molecular weight excluding hydrogens is 244 g/mol. The SMILES string of the molecule is O=C(Cc1ccsc1)C1CCOc2ccccc21. The first-order valence-corrected chi connectivity index (χ1v) is 7.04. The second kappa shape index (κ2) is 4.94. The summed E-state index contributed by atoms with van der Waals surface area (Å²) in [4.78, 5) is 12.4. The Morgan fingerprint density at radius 2 is 2.22 bits per heavy atom. The van der Waals surface area contributed by atoms with Crippen LogP contribution in [0.4, 0.5) is 0 Å². The molecule has 92 valence electrons. The molecule has 1 aromatic heterocycles. The molecular formula is C15H14O2S. The zero-order valence-electron chi connectivity index (χ0n) is 9.96. The van der Waals surface area contributed by atoms with Crippen molar-refractivity contribution in [2.24, 2.45) is 0 Å². The number of thiophene rings is 1. The maximum Gasteiger partial charge on any atom is 0.144 e. The molecule has 0 spiro atoms. The van der Waals surface area contributed by atoms with Crippen molar-refractivity contribution in [2.45, 2.75) is 18.8 Å². The number of Topliss-reactive ketones (excluding diaryl/α,β-unsaturated/α-hetero) is 1. The Morgan fingerprint density at radius 1 is 1.33 bits per heavy atom. The summed E-state index contributed by atoms with van der Waals surface area (Å²) < 4.78 is 5.59. The zero-order valence-corrected chi connectivity index (χ0v) is 10.8. The predicted octanol–water partition coefficient (Wildman–Crippen LogP) is 3.43. The molecule has 0 N–H and O–H groups in total. The van der Waals surface area contributed by atoms with Gasteiger partial charge in [0.1, 0.15) is 11.5 Å². The number of carbonyl (C=O) groups is 1. The van der Waals surface area contributed by atoms with Gasteiger partial charge in [-0.05, 0) is 34.9 Å². The summed E-state index contributed by atoms with van der Waals surface area (Å²) in [6.45, 7) is 0.636. The summed E-state index contributed by atoms with van der Waals surface area (Å²) in [5.41, 5.74) is 2.16. The van der Waals surface area contributed by atoms with E-state index in [-0.39, 0.29) is 5.92 Å². The van der Waals surface area contributed by atoms with E-state index in [9.17, 15) is 4.79 Å². The van der Waals surface area contributed by atoms with Gasteiger partial charge in [0.15, 0.2) is 0 Å². The monoisotopic (exact) mass is 258 g/mol. The smallest absolute Gasteiger partial charge is 0.144 e. The molecule has 2 nitrogen and oxygen atoms in total. The van der Waals surface area contributed by atoms with Gasteiger partial charge in [-0.15, -0.1) is 0 Å². The molecule has 18 heavy (non-hydrogen) atoms. The van der Waals surface area contributed by atoms with E-state index in [2.05, 4.69) is 0 Å². The lowest BCUT2D eigenvalue weighted by Gasteiger charge is -2.24. The van der Waals surface area contributed by atoms with Gasteiger partial charge in [-0.25, -0.2) is 0 Å². The Morgan fingerprint density at radius 3 is 3.06 bits per heavy atom. The van der Waals surface area contributed by atoms with Crippen molar-refractivity contribution in [1.82, 2.24) is 0 Å². The first kappa shape index (κ1) is 11.5. The molecule has 0 fully saturated rings. The molecule has 0 aliphatic carbocycles. The fourth-order valence-corrected chi connectivity index (χ4v) is 3.06. The van der Waals surface area contributed by atoms with Crippen LogP contribution >= 0.6 is 11.3 Å². The number of rotatable bonds is 3. The molecule has 0 bridgehead atoms. The molecule has 0 saturated heterocycles. The molecule has 3 rings (SSSR count). The summed E-state index contributed by atoms with van der Waals surface area (Å²) in [6, 6.07) is 9.89. The minimum Gasteiger partial charge on any atom is -0.493 e. The third kappa shape index (κ3) is 2.18. The van der Waals surface area contributed by atoms with Gasteiger partial charge in [-0.3, -0.25) is 4.79 Å². The van der Waals surface area contributed by atoms with Gasteiger partial charge < -0.3 is 4.74 Å². The maximum absolute atomic E-state index is 12.4. The highest BCUT2D eigenvalue weighted by molar-refractivity contribution is 7.08. The van der Waals surface area contributed by atoms with Crippen LogP contribution in [0.15, 0.2) is 41.1 Å². The Hall–Kier alpha value is -1.61. The van der Waals surface area contributed by atoms with Crippen molar-refractivity contribution in [2.75, 3.05) is 6.61 Å². The number of ketones is 1. The fourth-order valence-electron chi connectivity index (χ4n) is 2.39. The summed E-state index contributed by atoms with van der Waals surface area (Å²) in [6.07, 6.45) is 1.32. The highest BCUT2D eigenvalue weighted by Crippen LogP contribution is 2.34. The van der Waals surface area contributed by atoms with E-state index < -0.39 is 0 Å². The Labute approximate surface area is 110 Å². The molecule has 0 amide bonds. The van der Waals surface area contributed by atoms with Crippen molar-refractivity contribution in [1.29, 1.82) is 0 Å². The van der Waals surface area contributed by atoms with E-state index >= 15 is 0 Å². The molecule has 1 aliphatic heterocycles. The quantitative estimate of drug-likeness (QED) is 0.843. The van der Waals surface area contributed by atoms with Crippen molar-refractivity contribution in [3.05, 3.63) is 52.2 Å². The third-order valence-electron chi connectivity index (χ3n) is 3.31. The van der Waals surface area contributed by atoms with Gasteiger partial charge in [0.05, 0.1) is 6.61 Å². The molecule has 1 unspecified atom stereocenters. The number of benzene rings is 1. The second-order valence-electron chi connectivity index (χ2n) is 4.50. The van der Waals surface area contributed by atoms with Crippen LogP contribution in [0.3, 0.4) is 0 Å². The van der Waals surface area contributed by atoms with Crippen molar-refractivity contribution >= 4 is 17.1 Å². The summed E-state index contributed by atoms with van der Waals surface area (Å²) in [7, 11) is 0. The van der Waals surface area contributed by atoms with Gasteiger partial charge in [-0.1, -0.05) is 18.2 Å². The van der Waals surface area contributed by atoms with Crippen molar-refractivity contribution < 1.29 is 9.53 Å². The number of hydrogen-bond acceptors (Lipinski definition) is 3. The topological polar surface area (TPSA) is 26.3 Å². The minimum absolute atomic E-state index is 0.00477. The zero-order chi connectivity index (χ0) is 12.4. The molecule has 1 aromatic carbocycles. The van der Waals surface area contributed by atoms with Crippen LogP contribution < -0.4 is 4.74 Å². The summed E-state index contributed by atoms with van der Waals surface area (Å²) >= 11 is 1.64. The van der Waals surface area contributed by atoms with Crippen LogP contribution in [0.5, 0.6) is 5.75 Å². The first-order chi connectivity index (χ1) is 8.84. The fraction of sp³-hybridized carbons (Fsp3) is 0.267. The molecule has 0 saturated carbocycles. The van der Waals surface area contributed by atoms with Gasteiger partial charge in [0, 0.05) is 17.9 Å². The lowest BCUT2D eigenvalue weighted by molar-refractivity contribution is -0.120. The van der Waals surface area contributed by atoms with Crippen molar-refractivity contribution in [3.63, 3.8) is 0 Å². The summed E-state index contributed by atoms with van der Waals surface area (Å²) in [5.74, 6) is 1.16. The standard InChI is InChI=1S/C15H14O2S/c16-14(9-11-6-8-18-10-11)12-5-7-17-15-4-2-1-3-13(12)15/h1-4,6,8,10,12H,5,7,9H2. The van der Waals surface area contributed by atoms with E-state index in [4.69, 9.17) is 4.74 Å². The second-order valence-corrected chi connectivity index (χ2v) is 5.28. The van der Waals surface area contributed by atoms with E-state index in [0.717, 1.165) is 23.3 Å². The average Bonchev–Trinajstić information content (AvgIpc) is 2.91. The van der Waals surface area contributed by atoms with Crippen LogP contribution in [0, 0.1) is 0 Å². The molecule has 3 heteroatoms. The van der Waals surface area contributed by atoms with Crippen LogP contribution in [-0.4, -0.2) is 12.4 Å². The molecule has 0 radical (unpaired) electrons. The Bertz CT molecular complexity index is 545. The van der Waals surface area contributed by atoms with E-state index in [0.29, 0.717) is 18.8 Å². The number of fused-ring (bicyclic) bond motifs is 1. The lowest BCUT2D eigenvalue weighted by Crippen LogP contribution is -2.22. The normalized spacial score (nSPS) is 17.9. The van der Waals surface area contributed by atoms with Gasteiger partial charge in [0.2, 0.25) is 0 Å². The maximum atomic E-state index is 12.4. The Kier molecular flexibility index (Phi) is 3.15. The largest absolute Gasteiger partial charge is 0.493 e.